The molecule has 272 valence electrons. The van der Waals surface area contributed by atoms with Gasteiger partial charge in [-0.2, -0.15) is 4.98 Å². The zero-order valence-corrected chi connectivity index (χ0v) is 33.2. The van der Waals surface area contributed by atoms with Crippen LogP contribution in [0.25, 0.3) is 11.3 Å². The molecule has 3 aliphatic heterocycles. The second-order valence-corrected chi connectivity index (χ2v) is 18.9. The van der Waals surface area contributed by atoms with Gasteiger partial charge in [0.2, 0.25) is 5.95 Å². The molecule has 0 aliphatic carbocycles. The molecule has 7 rings (SSSR count). The van der Waals surface area contributed by atoms with E-state index < -0.39 is 7.14 Å². The van der Waals surface area contributed by atoms with Gasteiger partial charge in [0.15, 0.2) is 0 Å². The lowest BCUT2D eigenvalue weighted by Gasteiger charge is -2.43. The van der Waals surface area contributed by atoms with Crippen LogP contribution in [0.4, 0.5) is 28.8 Å². The Morgan fingerprint density at radius 3 is 2.41 bits per heavy atom. The number of nitrogens with zero attached hydrogens (tertiary/aromatic N) is 6. The highest BCUT2D eigenvalue weighted by Crippen LogP contribution is 2.43. The van der Waals surface area contributed by atoms with Crippen LogP contribution in [0.1, 0.15) is 37.2 Å². The zero-order chi connectivity index (χ0) is 35.5. The summed E-state index contributed by atoms with van der Waals surface area (Å²) in [5, 5.41) is 9.64. The Morgan fingerprint density at radius 1 is 0.961 bits per heavy atom. The molecule has 2 aromatic heterocycles. The highest BCUT2D eigenvalue weighted by atomic mass is 79.9. The molecule has 0 unspecified atom stereocenters. The van der Waals surface area contributed by atoms with Crippen molar-refractivity contribution in [3.05, 3.63) is 57.5 Å². The average Bonchev–Trinajstić information content (AvgIpc) is 3.69. The van der Waals surface area contributed by atoms with Gasteiger partial charge in [-0.1, -0.05) is 6.07 Å². The molecule has 3 saturated heterocycles. The molecule has 2 N–H and O–H groups in total. The summed E-state index contributed by atoms with van der Waals surface area (Å²) in [7, 11) is 1.28. The molecule has 2 aromatic carbocycles. The molecule has 0 bridgehead atoms. The molecule has 5 heterocycles. The van der Waals surface area contributed by atoms with Gasteiger partial charge in [0, 0.05) is 92.7 Å². The summed E-state index contributed by atoms with van der Waals surface area (Å²) >= 11 is 5.17. The van der Waals surface area contributed by atoms with Crippen molar-refractivity contribution in [1.82, 2.24) is 24.8 Å². The molecule has 11 nitrogen and oxygen atoms in total. The van der Waals surface area contributed by atoms with Crippen LogP contribution in [0.5, 0.6) is 5.75 Å². The Balaban J connectivity index is 1.15. The van der Waals surface area contributed by atoms with Crippen molar-refractivity contribution in [2.24, 2.45) is 0 Å². The van der Waals surface area contributed by atoms with Crippen LogP contribution < -0.4 is 25.6 Å². The lowest BCUT2D eigenvalue weighted by Crippen LogP contribution is -2.52. The number of aromatic nitrogens is 3. The summed E-state index contributed by atoms with van der Waals surface area (Å²) < 4.78 is 26.0. The predicted molar refractivity (Wildman–Crippen MR) is 213 cm³/mol. The number of hydrogen-bond acceptors (Lipinski definition) is 12. The number of likely N-dealkylation sites (N-methyl/N-ethyl adjacent to an activating group) is 1. The van der Waals surface area contributed by atoms with Crippen molar-refractivity contribution in [3.8, 4) is 17.0 Å². The Kier molecular flexibility index (Phi) is 11.3. The van der Waals surface area contributed by atoms with E-state index in [1.807, 2.05) is 23.6 Å². The maximum Gasteiger partial charge on any atom is 0.229 e. The van der Waals surface area contributed by atoms with Gasteiger partial charge in [0.25, 0.3) is 0 Å². The molecular formula is C37H48BrN8O3PS. The maximum absolute atomic E-state index is 13.5. The molecule has 0 saturated carbocycles. The standard InChI is InChI=1S/C37H48BrN8O3PS/c1-44-13-15-45(16-14-44)27-7-11-46(12-8-27)33-21-34(48-2)31(20-28(33)25-9-17-49-18-10-25)42-37-39-22-29(38)36(43-37)41-30-6-5-26(32-23-51-24-40-32)19-35(30)50(3,4)47/h5-6,19-25,27H,7-18H2,1-4H3,(H2,39,41,42,43). The van der Waals surface area contributed by atoms with Gasteiger partial charge in [0.05, 0.1) is 34.2 Å². The first kappa shape index (κ1) is 36.3. The Morgan fingerprint density at radius 2 is 1.73 bits per heavy atom. The first-order valence-corrected chi connectivity index (χ1v) is 22.1. The number of piperazine rings is 1. The molecule has 4 aromatic rings. The molecular weight excluding hydrogens is 747 g/mol. The van der Waals surface area contributed by atoms with Crippen LogP contribution in [-0.2, 0) is 9.30 Å². The Bertz CT molecular complexity index is 1850. The fourth-order valence-corrected chi connectivity index (χ4v) is 9.49. The number of methoxy groups -OCH3 is 1. The largest absolute Gasteiger partial charge is 0.494 e. The lowest BCUT2D eigenvalue weighted by molar-refractivity contribution is 0.0852. The molecule has 0 radical (unpaired) electrons. The van der Waals surface area contributed by atoms with Crippen molar-refractivity contribution >= 4 is 68.5 Å². The molecule has 3 aliphatic rings. The minimum Gasteiger partial charge on any atom is -0.494 e. The number of nitrogens with one attached hydrogen (secondary N) is 2. The molecule has 0 amide bonds. The van der Waals surface area contributed by atoms with Crippen molar-refractivity contribution in [2.45, 2.75) is 37.6 Å². The highest BCUT2D eigenvalue weighted by molar-refractivity contribution is 9.10. The quantitative estimate of drug-likeness (QED) is 0.159. The molecule has 0 spiro atoms. The third kappa shape index (κ3) is 8.45. The number of anilines is 5. The number of piperidine rings is 1. The number of hydrogen-bond donors (Lipinski definition) is 2. The summed E-state index contributed by atoms with van der Waals surface area (Å²) in [6, 6.07) is 11.0. The van der Waals surface area contributed by atoms with Crippen molar-refractivity contribution in [1.29, 1.82) is 0 Å². The fraction of sp³-hybridized carbons (Fsp3) is 0.486. The summed E-state index contributed by atoms with van der Waals surface area (Å²) in [5.41, 5.74) is 7.74. The Labute approximate surface area is 313 Å². The number of rotatable bonds is 10. The normalized spacial score (nSPS) is 18.6. The van der Waals surface area contributed by atoms with E-state index in [1.54, 1.807) is 32.1 Å². The van der Waals surface area contributed by atoms with E-state index in [2.05, 4.69) is 70.4 Å². The van der Waals surface area contributed by atoms with Crippen molar-refractivity contribution < 1.29 is 14.0 Å². The van der Waals surface area contributed by atoms with Gasteiger partial charge < -0.3 is 34.5 Å². The van der Waals surface area contributed by atoms with E-state index >= 15 is 0 Å². The van der Waals surface area contributed by atoms with E-state index in [4.69, 9.17) is 14.5 Å². The van der Waals surface area contributed by atoms with Crippen LogP contribution >= 0.6 is 34.4 Å². The summed E-state index contributed by atoms with van der Waals surface area (Å²) in [4.78, 5) is 21.6. The van der Waals surface area contributed by atoms with Gasteiger partial charge in [-0.05, 0) is 91.7 Å². The number of thiazole rings is 1. The van der Waals surface area contributed by atoms with E-state index in [9.17, 15) is 4.57 Å². The summed E-state index contributed by atoms with van der Waals surface area (Å²) in [5.74, 6) is 2.13. The van der Waals surface area contributed by atoms with Crippen molar-refractivity contribution in [3.63, 3.8) is 0 Å². The van der Waals surface area contributed by atoms with Crippen LogP contribution in [0.3, 0.4) is 0 Å². The topological polar surface area (TPSA) is 108 Å². The number of halogens is 1. The first-order valence-electron chi connectivity index (χ1n) is 17.8. The van der Waals surface area contributed by atoms with Crippen LogP contribution in [0, 0.1) is 0 Å². The first-order chi connectivity index (χ1) is 24.7. The second-order valence-electron chi connectivity index (χ2n) is 14.2. The predicted octanol–water partition coefficient (Wildman–Crippen LogP) is 7.22. The zero-order valence-electron chi connectivity index (χ0n) is 29.9. The summed E-state index contributed by atoms with van der Waals surface area (Å²) in [6.45, 7) is 11.8. The van der Waals surface area contributed by atoms with E-state index in [1.165, 1.54) is 35.4 Å². The van der Waals surface area contributed by atoms with Gasteiger partial charge in [0.1, 0.15) is 18.7 Å². The minimum absolute atomic E-state index is 0.392. The smallest absolute Gasteiger partial charge is 0.229 e. The lowest BCUT2D eigenvalue weighted by atomic mass is 9.88. The SMILES string of the molecule is COc1cc(N2CCC(N3CCN(C)CC3)CC2)c(C2CCOCC2)cc1Nc1ncc(Br)c(Nc2ccc(-c3cscn3)cc2P(C)(C)=O)n1. The molecule has 0 atom stereocenters. The van der Waals surface area contributed by atoms with Crippen LogP contribution in [0.15, 0.2) is 51.9 Å². The summed E-state index contributed by atoms with van der Waals surface area (Å²) in [6.07, 6.45) is 6.04. The molecule has 14 heteroatoms. The third-order valence-electron chi connectivity index (χ3n) is 10.4. The number of benzene rings is 2. The minimum atomic E-state index is -2.66. The van der Waals surface area contributed by atoms with Crippen molar-refractivity contribution in [2.75, 3.05) is 95.5 Å². The monoisotopic (exact) mass is 794 g/mol. The third-order valence-corrected chi connectivity index (χ3v) is 13.1. The second kappa shape index (κ2) is 15.9. The van der Waals surface area contributed by atoms with Gasteiger partial charge >= 0.3 is 0 Å². The van der Waals surface area contributed by atoms with Gasteiger partial charge in [-0.25, -0.2) is 9.97 Å². The van der Waals surface area contributed by atoms with Gasteiger partial charge in [-0.15, -0.1) is 11.3 Å². The van der Waals surface area contributed by atoms with Gasteiger partial charge in [-0.3, -0.25) is 4.90 Å². The van der Waals surface area contributed by atoms with E-state index in [0.29, 0.717) is 28.2 Å². The number of ether oxygens (including phenoxy) is 2. The maximum atomic E-state index is 13.5. The van der Waals surface area contributed by atoms with Crippen LogP contribution in [-0.4, -0.2) is 111 Å². The van der Waals surface area contributed by atoms with E-state index in [0.717, 1.165) is 99.0 Å². The molecule has 3 fully saturated rings. The molecule has 51 heavy (non-hydrogen) atoms. The average molecular weight is 796 g/mol. The fourth-order valence-electron chi connectivity index (χ4n) is 7.48. The van der Waals surface area contributed by atoms with E-state index in [-0.39, 0.29) is 0 Å². The highest BCUT2D eigenvalue weighted by Gasteiger charge is 2.30. The van der Waals surface area contributed by atoms with Crippen LogP contribution in [0.2, 0.25) is 0 Å². The Hall–Kier alpha value is -3.06.